The predicted octanol–water partition coefficient (Wildman–Crippen LogP) is 3.23. The summed E-state index contributed by atoms with van der Waals surface area (Å²) in [6.45, 7) is 0. The van der Waals surface area contributed by atoms with E-state index in [1.165, 1.54) is 5.56 Å². The molecule has 144 valence electrons. The van der Waals surface area contributed by atoms with Crippen LogP contribution in [-0.4, -0.2) is 20.3 Å². The van der Waals surface area contributed by atoms with Gasteiger partial charge >= 0.3 is 0 Å². The first-order valence-corrected chi connectivity index (χ1v) is 9.74. The number of nitrogens with zero attached hydrogens (tertiary/aromatic N) is 2. The molecular formula is C23H20N4O2. The number of hydrogen-bond donors (Lipinski definition) is 2. The van der Waals surface area contributed by atoms with Gasteiger partial charge in [-0.15, -0.1) is 0 Å². The van der Waals surface area contributed by atoms with Crippen LogP contribution in [0.1, 0.15) is 35.7 Å². The van der Waals surface area contributed by atoms with Gasteiger partial charge in [0, 0.05) is 24.4 Å². The molecule has 1 aliphatic rings. The Morgan fingerprint density at radius 1 is 1.10 bits per heavy atom. The standard InChI is InChI=1S/C23H20N4O2/c28-18(12-6-9-15-7-2-1-3-8-15)25-19-16-10-4-5-11-17(16)20-21(19)27-14-13-24-22(27)23(29)26-20/h1-5,7-8,10-11,13-14,19H,6,9,12H2,(H,25,28)(H,26,29). The smallest absolute Gasteiger partial charge is 0.292 e. The lowest BCUT2D eigenvalue weighted by Crippen LogP contribution is -2.29. The fourth-order valence-electron chi connectivity index (χ4n) is 4.11. The van der Waals surface area contributed by atoms with Crippen LogP contribution in [0.25, 0.3) is 16.9 Å². The summed E-state index contributed by atoms with van der Waals surface area (Å²) in [6, 6.07) is 17.7. The van der Waals surface area contributed by atoms with Crippen molar-refractivity contribution in [1.82, 2.24) is 19.7 Å². The third-order valence-corrected chi connectivity index (χ3v) is 5.43. The normalized spacial score (nSPS) is 14.6. The molecule has 0 saturated heterocycles. The van der Waals surface area contributed by atoms with Crippen LogP contribution in [0.3, 0.4) is 0 Å². The zero-order chi connectivity index (χ0) is 19.8. The van der Waals surface area contributed by atoms with Crippen LogP contribution in [0.4, 0.5) is 0 Å². The van der Waals surface area contributed by atoms with Crippen LogP contribution < -0.4 is 10.9 Å². The maximum Gasteiger partial charge on any atom is 0.292 e. The molecule has 0 bridgehead atoms. The zero-order valence-electron chi connectivity index (χ0n) is 15.8. The Morgan fingerprint density at radius 2 is 1.90 bits per heavy atom. The lowest BCUT2D eigenvalue weighted by molar-refractivity contribution is -0.121. The third kappa shape index (κ3) is 3.02. The molecule has 0 aliphatic heterocycles. The van der Waals surface area contributed by atoms with Gasteiger partial charge in [-0.25, -0.2) is 4.98 Å². The van der Waals surface area contributed by atoms with Crippen molar-refractivity contribution >= 4 is 11.6 Å². The van der Waals surface area contributed by atoms with Gasteiger partial charge in [-0.2, -0.15) is 0 Å². The monoisotopic (exact) mass is 384 g/mol. The average molecular weight is 384 g/mol. The van der Waals surface area contributed by atoms with E-state index in [1.54, 1.807) is 16.8 Å². The van der Waals surface area contributed by atoms with E-state index in [-0.39, 0.29) is 17.5 Å². The van der Waals surface area contributed by atoms with Crippen molar-refractivity contribution in [1.29, 1.82) is 0 Å². The number of hydrogen-bond acceptors (Lipinski definition) is 3. The molecule has 4 aromatic rings. The Balaban J connectivity index is 1.42. The maximum absolute atomic E-state index is 12.7. The molecule has 1 unspecified atom stereocenters. The second-order valence-corrected chi connectivity index (χ2v) is 7.26. The Labute approximate surface area is 167 Å². The van der Waals surface area contributed by atoms with Crippen molar-refractivity contribution < 1.29 is 4.79 Å². The van der Waals surface area contributed by atoms with Gasteiger partial charge in [-0.05, 0) is 24.0 Å². The number of aromatic nitrogens is 3. The molecule has 2 heterocycles. The van der Waals surface area contributed by atoms with Crippen molar-refractivity contribution in [3.63, 3.8) is 0 Å². The Kier molecular flexibility index (Phi) is 4.24. The van der Waals surface area contributed by atoms with Gasteiger partial charge in [-0.3, -0.25) is 14.0 Å². The summed E-state index contributed by atoms with van der Waals surface area (Å²) in [5.74, 6) is -0.00644. The van der Waals surface area contributed by atoms with Crippen LogP contribution in [-0.2, 0) is 11.2 Å². The molecule has 2 N–H and O–H groups in total. The maximum atomic E-state index is 12.7. The van der Waals surface area contributed by atoms with E-state index in [0.29, 0.717) is 12.1 Å². The number of nitrogens with one attached hydrogen (secondary N) is 2. The summed E-state index contributed by atoms with van der Waals surface area (Å²) >= 11 is 0. The minimum Gasteiger partial charge on any atom is -0.344 e. The van der Waals surface area contributed by atoms with Gasteiger partial charge in [-0.1, -0.05) is 54.6 Å². The summed E-state index contributed by atoms with van der Waals surface area (Å²) in [7, 11) is 0. The van der Waals surface area contributed by atoms with Crippen molar-refractivity contribution in [2.45, 2.75) is 25.3 Å². The van der Waals surface area contributed by atoms with Gasteiger partial charge in [0.05, 0.1) is 17.4 Å². The number of aromatic amines is 1. The zero-order valence-corrected chi connectivity index (χ0v) is 15.8. The van der Waals surface area contributed by atoms with E-state index < -0.39 is 0 Å². The van der Waals surface area contributed by atoms with Gasteiger partial charge < -0.3 is 10.3 Å². The third-order valence-electron chi connectivity index (χ3n) is 5.43. The largest absolute Gasteiger partial charge is 0.344 e. The van der Waals surface area contributed by atoms with Crippen molar-refractivity contribution in [3.05, 3.63) is 94.2 Å². The summed E-state index contributed by atoms with van der Waals surface area (Å²) in [5, 5.41) is 3.17. The highest BCUT2D eigenvalue weighted by Crippen LogP contribution is 2.41. The predicted molar refractivity (Wildman–Crippen MR) is 111 cm³/mol. The first kappa shape index (κ1) is 17.4. The van der Waals surface area contributed by atoms with Gasteiger partial charge in [0.15, 0.2) is 0 Å². The number of fused-ring (bicyclic) bond motifs is 5. The second kappa shape index (κ2) is 7.05. The number of H-pyrrole nitrogens is 1. The van der Waals surface area contributed by atoms with Crippen molar-refractivity contribution in [2.75, 3.05) is 0 Å². The Hall–Kier alpha value is -3.67. The molecule has 29 heavy (non-hydrogen) atoms. The molecule has 0 radical (unpaired) electrons. The fourth-order valence-corrected chi connectivity index (χ4v) is 4.11. The molecule has 1 aliphatic carbocycles. The second-order valence-electron chi connectivity index (χ2n) is 7.26. The van der Waals surface area contributed by atoms with Crippen LogP contribution in [0.5, 0.6) is 0 Å². The highest BCUT2D eigenvalue weighted by Gasteiger charge is 2.33. The topological polar surface area (TPSA) is 79.3 Å². The number of benzene rings is 2. The molecule has 1 atom stereocenters. The molecule has 5 rings (SSSR count). The lowest BCUT2D eigenvalue weighted by Gasteiger charge is -2.17. The van der Waals surface area contributed by atoms with E-state index in [4.69, 9.17) is 0 Å². The van der Waals surface area contributed by atoms with Gasteiger partial charge in [0.1, 0.15) is 0 Å². The van der Waals surface area contributed by atoms with E-state index in [9.17, 15) is 9.59 Å². The molecule has 0 spiro atoms. The van der Waals surface area contributed by atoms with Gasteiger partial charge in [0.25, 0.3) is 5.56 Å². The number of imidazole rings is 1. The quantitative estimate of drug-likeness (QED) is 0.554. The highest BCUT2D eigenvalue weighted by molar-refractivity contribution is 5.81. The molecule has 6 heteroatoms. The van der Waals surface area contributed by atoms with Gasteiger partial charge in [0.2, 0.25) is 11.6 Å². The minimum atomic E-state index is -0.320. The average Bonchev–Trinajstić information content (AvgIpc) is 3.33. The molecule has 6 nitrogen and oxygen atoms in total. The lowest BCUT2D eigenvalue weighted by atomic mass is 10.1. The first-order valence-electron chi connectivity index (χ1n) is 9.74. The van der Waals surface area contributed by atoms with E-state index in [1.807, 2.05) is 42.5 Å². The van der Waals surface area contributed by atoms with E-state index >= 15 is 0 Å². The summed E-state index contributed by atoms with van der Waals surface area (Å²) < 4.78 is 1.78. The number of carbonyl (C=O) groups is 1. The molecule has 1 amide bonds. The minimum absolute atomic E-state index is 0.00644. The Bertz CT molecular complexity index is 1260. The summed E-state index contributed by atoms with van der Waals surface area (Å²) in [4.78, 5) is 32.2. The number of rotatable bonds is 5. The molecule has 0 saturated carbocycles. The van der Waals surface area contributed by atoms with Crippen LogP contribution in [0.15, 0.2) is 71.8 Å². The first-order chi connectivity index (χ1) is 14.2. The number of amides is 1. The van der Waals surface area contributed by atoms with Crippen LogP contribution in [0.2, 0.25) is 0 Å². The highest BCUT2D eigenvalue weighted by atomic mass is 16.1. The Morgan fingerprint density at radius 3 is 2.76 bits per heavy atom. The summed E-state index contributed by atoms with van der Waals surface area (Å²) in [5.41, 5.74) is 4.83. The SMILES string of the molecule is O=C(CCCc1ccccc1)NC1c2ccccc2-c2[nH]c(=O)c3nccn3c21. The molecular weight excluding hydrogens is 364 g/mol. The molecule has 0 fully saturated rings. The fraction of sp³-hybridized carbons (Fsp3) is 0.174. The number of aryl methyl sites for hydroxylation is 1. The molecule has 2 aromatic heterocycles. The summed E-state index contributed by atoms with van der Waals surface area (Å²) in [6.07, 6.45) is 5.46. The molecule has 2 aromatic carbocycles. The van der Waals surface area contributed by atoms with Crippen LogP contribution >= 0.6 is 0 Å². The van der Waals surface area contributed by atoms with Crippen molar-refractivity contribution in [3.8, 4) is 11.3 Å². The van der Waals surface area contributed by atoms with E-state index in [2.05, 4.69) is 27.4 Å². The van der Waals surface area contributed by atoms with Crippen LogP contribution in [0, 0.1) is 0 Å². The number of carbonyl (C=O) groups excluding carboxylic acids is 1. The van der Waals surface area contributed by atoms with E-state index in [0.717, 1.165) is 35.4 Å². The van der Waals surface area contributed by atoms with Crippen molar-refractivity contribution in [2.24, 2.45) is 0 Å².